The number of aromatic hydroxyl groups is 2. The lowest BCUT2D eigenvalue weighted by Gasteiger charge is -2.08. The summed E-state index contributed by atoms with van der Waals surface area (Å²) in [6.07, 6.45) is 3.45. The van der Waals surface area contributed by atoms with Gasteiger partial charge in [-0.2, -0.15) is 0 Å². The number of phenolic OH excluding ortho intramolecular Hbond substituents is 1. The Hall–Kier alpha value is -2.82. The quantitative estimate of drug-likeness (QED) is 0.662. The van der Waals surface area contributed by atoms with Gasteiger partial charge in [0.15, 0.2) is 5.75 Å². The van der Waals surface area contributed by atoms with Crippen molar-refractivity contribution in [3.63, 3.8) is 0 Å². The van der Waals surface area contributed by atoms with Gasteiger partial charge in [0, 0.05) is 30.3 Å². The molecule has 0 fully saturated rings. The smallest absolute Gasteiger partial charge is 0.223 e. The Kier molecular flexibility index (Phi) is 2.87. The van der Waals surface area contributed by atoms with E-state index in [2.05, 4.69) is 9.97 Å². The number of nitrogens with one attached hydrogen (secondary N) is 1. The van der Waals surface area contributed by atoms with Gasteiger partial charge in [-0.05, 0) is 17.7 Å². The number of hydrogen-bond donors (Lipinski definition) is 3. The molecule has 5 nitrogen and oxygen atoms in total. The van der Waals surface area contributed by atoms with Crippen molar-refractivity contribution >= 4 is 10.9 Å². The van der Waals surface area contributed by atoms with Crippen LogP contribution >= 0.6 is 0 Å². The third kappa shape index (κ3) is 1.99. The summed E-state index contributed by atoms with van der Waals surface area (Å²) in [5.74, 6) is -0.173. The highest BCUT2D eigenvalue weighted by Gasteiger charge is 2.10. The van der Waals surface area contributed by atoms with E-state index in [0.29, 0.717) is 17.6 Å². The van der Waals surface area contributed by atoms with Crippen LogP contribution in [0.1, 0.15) is 11.3 Å². The average Bonchev–Trinajstić information content (AvgIpc) is 2.47. The van der Waals surface area contributed by atoms with E-state index in [1.807, 2.05) is 6.07 Å². The molecule has 0 atom stereocenters. The maximum atomic E-state index is 11.4. The van der Waals surface area contributed by atoms with Crippen LogP contribution in [0.2, 0.25) is 0 Å². The number of nitrogens with zero attached hydrogens (tertiary/aromatic N) is 1. The minimum absolute atomic E-state index is 0.107. The van der Waals surface area contributed by atoms with Crippen molar-refractivity contribution in [2.45, 2.75) is 6.42 Å². The number of aromatic amines is 1. The fourth-order valence-electron chi connectivity index (χ4n) is 2.21. The molecular formula is C15H12N2O3. The molecule has 0 aliphatic carbocycles. The fraction of sp³-hybridized carbons (Fsp3) is 0.0667. The third-order valence-corrected chi connectivity index (χ3v) is 3.22. The Morgan fingerprint density at radius 2 is 2.00 bits per heavy atom. The molecule has 2 heterocycles. The molecule has 0 saturated carbocycles. The number of fused-ring (bicyclic) bond motifs is 1. The summed E-state index contributed by atoms with van der Waals surface area (Å²) in [6, 6.07) is 8.20. The van der Waals surface area contributed by atoms with Crippen molar-refractivity contribution < 1.29 is 10.2 Å². The maximum absolute atomic E-state index is 11.4. The van der Waals surface area contributed by atoms with E-state index < -0.39 is 5.43 Å². The molecule has 3 N–H and O–H groups in total. The molecule has 0 radical (unpaired) electrons. The maximum Gasteiger partial charge on any atom is 0.223 e. The highest BCUT2D eigenvalue weighted by atomic mass is 16.3. The Balaban J connectivity index is 2.14. The highest BCUT2D eigenvalue weighted by molar-refractivity contribution is 5.87. The molecule has 1 aromatic carbocycles. The largest absolute Gasteiger partial charge is 0.506 e. The Morgan fingerprint density at radius 3 is 2.85 bits per heavy atom. The number of hydrogen-bond acceptors (Lipinski definition) is 4. The number of H-pyrrole nitrogens is 1. The Morgan fingerprint density at radius 1 is 1.15 bits per heavy atom. The van der Waals surface area contributed by atoms with E-state index in [0.717, 1.165) is 10.9 Å². The zero-order valence-corrected chi connectivity index (χ0v) is 10.5. The first-order valence-corrected chi connectivity index (χ1v) is 6.12. The van der Waals surface area contributed by atoms with Crippen LogP contribution in [0.15, 0.2) is 47.5 Å². The van der Waals surface area contributed by atoms with Gasteiger partial charge in [-0.15, -0.1) is 0 Å². The summed E-state index contributed by atoms with van der Waals surface area (Å²) in [4.78, 5) is 18.4. The number of phenols is 1. The zero-order chi connectivity index (χ0) is 14.1. The van der Waals surface area contributed by atoms with Crippen molar-refractivity contribution in [1.29, 1.82) is 0 Å². The minimum Gasteiger partial charge on any atom is -0.506 e. The van der Waals surface area contributed by atoms with Gasteiger partial charge in [-0.3, -0.25) is 9.78 Å². The molecule has 0 spiro atoms. The fourth-order valence-corrected chi connectivity index (χ4v) is 2.21. The van der Waals surface area contributed by atoms with Gasteiger partial charge < -0.3 is 15.2 Å². The first-order valence-electron chi connectivity index (χ1n) is 6.12. The molecule has 5 heteroatoms. The predicted octanol–water partition coefficient (Wildman–Crippen LogP) is 1.93. The Bertz CT molecular complexity index is 840. The van der Waals surface area contributed by atoms with Crippen molar-refractivity contribution in [3.8, 4) is 11.5 Å². The summed E-state index contributed by atoms with van der Waals surface area (Å²) < 4.78 is 0. The van der Waals surface area contributed by atoms with Gasteiger partial charge >= 0.3 is 0 Å². The molecule has 0 amide bonds. The Labute approximate surface area is 114 Å². The first kappa shape index (κ1) is 12.2. The molecule has 100 valence electrons. The van der Waals surface area contributed by atoms with Crippen LogP contribution in [-0.2, 0) is 6.42 Å². The van der Waals surface area contributed by atoms with E-state index in [1.165, 1.54) is 12.3 Å². The number of benzene rings is 1. The number of aromatic nitrogens is 2. The summed E-state index contributed by atoms with van der Waals surface area (Å²) in [5, 5.41) is 20.4. The van der Waals surface area contributed by atoms with Gasteiger partial charge in [0.25, 0.3) is 0 Å². The van der Waals surface area contributed by atoms with Crippen molar-refractivity contribution in [2.24, 2.45) is 0 Å². The summed E-state index contributed by atoms with van der Waals surface area (Å²) in [7, 11) is 0. The molecule has 0 saturated heterocycles. The van der Waals surface area contributed by atoms with E-state index in [4.69, 9.17) is 0 Å². The van der Waals surface area contributed by atoms with E-state index in [-0.39, 0.29) is 11.5 Å². The normalized spacial score (nSPS) is 10.8. The molecule has 2 aromatic heterocycles. The second-order valence-electron chi connectivity index (χ2n) is 4.49. The zero-order valence-electron chi connectivity index (χ0n) is 10.5. The van der Waals surface area contributed by atoms with E-state index >= 15 is 0 Å². The second-order valence-corrected chi connectivity index (χ2v) is 4.49. The van der Waals surface area contributed by atoms with Crippen molar-refractivity contribution in [2.75, 3.05) is 0 Å². The second kappa shape index (κ2) is 4.70. The summed E-state index contributed by atoms with van der Waals surface area (Å²) in [6.45, 7) is 0. The monoisotopic (exact) mass is 268 g/mol. The van der Waals surface area contributed by atoms with Gasteiger partial charge in [0.2, 0.25) is 5.43 Å². The van der Waals surface area contributed by atoms with Crippen LogP contribution in [0.4, 0.5) is 0 Å². The molecule has 0 unspecified atom stereocenters. The number of rotatable bonds is 2. The van der Waals surface area contributed by atoms with E-state index in [1.54, 1.807) is 24.4 Å². The molecule has 0 bridgehead atoms. The molecule has 20 heavy (non-hydrogen) atoms. The molecule has 3 aromatic rings. The van der Waals surface area contributed by atoms with Crippen molar-refractivity contribution in [1.82, 2.24) is 9.97 Å². The first-order chi connectivity index (χ1) is 9.66. The molecule has 0 aliphatic rings. The van der Waals surface area contributed by atoms with Crippen LogP contribution in [0.25, 0.3) is 10.9 Å². The average molecular weight is 268 g/mol. The van der Waals surface area contributed by atoms with Crippen LogP contribution in [-0.4, -0.2) is 20.2 Å². The summed E-state index contributed by atoms with van der Waals surface area (Å²) >= 11 is 0. The van der Waals surface area contributed by atoms with Crippen LogP contribution in [0.5, 0.6) is 11.5 Å². The molecule has 3 rings (SSSR count). The van der Waals surface area contributed by atoms with Gasteiger partial charge in [0.05, 0.1) is 5.69 Å². The predicted molar refractivity (Wildman–Crippen MR) is 74.9 cm³/mol. The van der Waals surface area contributed by atoms with Gasteiger partial charge in [-0.1, -0.05) is 12.1 Å². The third-order valence-electron chi connectivity index (χ3n) is 3.22. The standard InChI is InChI=1S/C15H12N2O3/c18-12-4-3-9(10-2-1-6-17-14(10)12)8-11-15(20)13(19)5-7-16-11/h1-7,18,20H,8H2,(H,16,19). The van der Waals surface area contributed by atoms with Gasteiger partial charge in [0.1, 0.15) is 11.3 Å². The van der Waals surface area contributed by atoms with Crippen molar-refractivity contribution in [3.05, 3.63) is 64.2 Å². The molecule has 0 aliphatic heterocycles. The van der Waals surface area contributed by atoms with E-state index in [9.17, 15) is 15.0 Å². The molecular weight excluding hydrogens is 256 g/mol. The van der Waals surface area contributed by atoms with Gasteiger partial charge in [-0.25, -0.2) is 0 Å². The highest BCUT2D eigenvalue weighted by Crippen LogP contribution is 2.27. The van der Waals surface area contributed by atoms with Crippen LogP contribution < -0.4 is 5.43 Å². The summed E-state index contributed by atoms with van der Waals surface area (Å²) in [5.41, 5.74) is 1.39. The number of pyridine rings is 2. The lowest BCUT2D eigenvalue weighted by molar-refractivity contribution is 0.460. The topological polar surface area (TPSA) is 86.2 Å². The lowest BCUT2D eigenvalue weighted by Crippen LogP contribution is -2.04. The van der Waals surface area contributed by atoms with Crippen LogP contribution in [0, 0.1) is 0 Å². The minimum atomic E-state index is -0.417. The lowest BCUT2D eigenvalue weighted by atomic mass is 10.0. The van der Waals surface area contributed by atoms with Crippen LogP contribution in [0.3, 0.4) is 0 Å². The SMILES string of the molecule is O=c1cc[nH]c(Cc2ccc(O)c3ncccc23)c1O.